The van der Waals surface area contributed by atoms with Crippen LogP contribution in [0.2, 0.25) is 0 Å². The SMILES string of the molecule is O=C(Nc1ccccc1)C1=CC=N[N]1. The van der Waals surface area contributed by atoms with E-state index < -0.39 is 0 Å². The number of nitrogens with one attached hydrogen (secondary N) is 1. The number of para-hydroxylation sites is 1. The molecule has 1 N–H and O–H groups in total. The molecule has 0 atom stereocenters. The van der Waals surface area contributed by atoms with Crippen molar-refractivity contribution in [2.24, 2.45) is 5.10 Å². The maximum Gasteiger partial charge on any atom is 0.276 e. The number of benzene rings is 1. The van der Waals surface area contributed by atoms with Gasteiger partial charge in [-0.1, -0.05) is 18.2 Å². The van der Waals surface area contributed by atoms with Crippen LogP contribution in [0.3, 0.4) is 0 Å². The molecule has 1 aliphatic heterocycles. The van der Waals surface area contributed by atoms with Gasteiger partial charge in [-0.25, -0.2) is 0 Å². The zero-order chi connectivity index (χ0) is 9.80. The molecule has 1 aromatic carbocycles. The van der Waals surface area contributed by atoms with Gasteiger partial charge in [0.05, 0.1) is 6.21 Å². The van der Waals surface area contributed by atoms with Crippen LogP contribution < -0.4 is 10.7 Å². The smallest absolute Gasteiger partial charge is 0.276 e. The predicted molar refractivity (Wildman–Crippen MR) is 53.8 cm³/mol. The first-order valence-corrected chi connectivity index (χ1v) is 4.17. The van der Waals surface area contributed by atoms with E-state index in [0.717, 1.165) is 5.69 Å². The summed E-state index contributed by atoms with van der Waals surface area (Å²) in [4.78, 5) is 11.5. The van der Waals surface area contributed by atoms with Crippen molar-refractivity contribution in [2.75, 3.05) is 5.32 Å². The highest BCUT2D eigenvalue weighted by atomic mass is 16.2. The molecule has 0 unspecified atom stereocenters. The summed E-state index contributed by atoms with van der Waals surface area (Å²) in [6, 6.07) is 9.22. The Kier molecular flexibility index (Phi) is 2.27. The third-order valence-corrected chi connectivity index (χ3v) is 1.73. The molecule has 4 heteroatoms. The fraction of sp³-hybridized carbons (Fsp3) is 0. The summed E-state index contributed by atoms with van der Waals surface area (Å²) in [6.07, 6.45) is 3.05. The first kappa shape index (κ1) is 8.50. The van der Waals surface area contributed by atoms with Crippen molar-refractivity contribution in [2.45, 2.75) is 0 Å². The second-order valence-corrected chi connectivity index (χ2v) is 2.74. The van der Waals surface area contributed by atoms with E-state index in [9.17, 15) is 4.79 Å². The molecule has 69 valence electrons. The van der Waals surface area contributed by atoms with Crippen LogP contribution >= 0.6 is 0 Å². The van der Waals surface area contributed by atoms with Gasteiger partial charge in [-0.15, -0.1) is 5.43 Å². The van der Waals surface area contributed by atoms with Gasteiger partial charge in [0.2, 0.25) is 0 Å². The summed E-state index contributed by atoms with van der Waals surface area (Å²) in [5, 5.41) is 6.28. The number of hydrogen-bond donors (Lipinski definition) is 1. The number of rotatable bonds is 2. The first-order valence-electron chi connectivity index (χ1n) is 4.17. The van der Waals surface area contributed by atoms with Crippen LogP contribution in [-0.2, 0) is 4.79 Å². The van der Waals surface area contributed by atoms with E-state index in [-0.39, 0.29) is 5.91 Å². The second kappa shape index (κ2) is 3.74. The van der Waals surface area contributed by atoms with Gasteiger partial charge in [0.25, 0.3) is 5.91 Å². The summed E-state index contributed by atoms with van der Waals surface area (Å²) in [7, 11) is 0. The van der Waals surface area contributed by atoms with E-state index in [1.165, 1.54) is 6.21 Å². The molecule has 0 saturated heterocycles. The fourth-order valence-electron chi connectivity index (χ4n) is 1.07. The molecule has 1 aliphatic rings. The second-order valence-electron chi connectivity index (χ2n) is 2.74. The Morgan fingerprint density at radius 2 is 2.00 bits per heavy atom. The van der Waals surface area contributed by atoms with Gasteiger partial charge in [-0.05, 0) is 18.2 Å². The summed E-state index contributed by atoms with van der Waals surface area (Å²) >= 11 is 0. The molecule has 0 saturated carbocycles. The number of nitrogens with zero attached hydrogens (tertiary/aromatic N) is 2. The van der Waals surface area contributed by atoms with Crippen LogP contribution in [0.25, 0.3) is 0 Å². The summed E-state index contributed by atoms with van der Waals surface area (Å²) < 4.78 is 0. The van der Waals surface area contributed by atoms with Gasteiger partial charge in [0.15, 0.2) is 5.70 Å². The summed E-state index contributed by atoms with van der Waals surface area (Å²) in [5.74, 6) is -0.242. The average molecular weight is 186 g/mol. The van der Waals surface area contributed by atoms with Crippen LogP contribution in [0.5, 0.6) is 0 Å². The normalized spacial score (nSPS) is 13.3. The molecule has 2 rings (SSSR count). The maximum absolute atomic E-state index is 11.5. The lowest BCUT2D eigenvalue weighted by atomic mass is 10.3. The summed E-state index contributed by atoms with van der Waals surface area (Å²) in [6.45, 7) is 0. The molecule has 4 nitrogen and oxygen atoms in total. The Morgan fingerprint density at radius 1 is 1.21 bits per heavy atom. The van der Waals surface area contributed by atoms with Gasteiger partial charge >= 0.3 is 0 Å². The Bertz CT molecular complexity index is 395. The van der Waals surface area contributed by atoms with Crippen LogP contribution in [0, 0.1) is 0 Å². The van der Waals surface area contributed by atoms with Gasteiger partial charge < -0.3 is 5.32 Å². The zero-order valence-electron chi connectivity index (χ0n) is 7.34. The van der Waals surface area contributed by atoms with Crippen LogP contribution in [0.1, 0.15) is 0 Å². The molecule has 0 bridgehead atoms. The minimum Gasteiger partial charge on any atom is -0.321 e. The van der Waals surface area contributed by atoms with Crippen LogP contribution in [-0.4, -0.2) is 12.1 Å². The largest absolute Gasteiger partial charge is 0.321 e. The highest BCUT2D eigenvalue weighted by Crippen LogP contribution is 2.07. The molecule has 0 aromatic heterocycles. The predicted octanol–water partition coefficient (Wildman–Crippen LogP) is 1.11. The third kappa shape index (κ3) is 1.80. The number of allylic oxidation sites excluding steroid dienone is 1. The van der Waals surface area contributed by atoms with Gasteiger partial charge in [-0.3, -0.25) is 4.79 Å². The van der Waals surface area contributed by atoms with Crippen molar-refractivity contribution in [1.29, 1.82) is 0 Å². The van der Waals surface area contributed by atoms with Crippen LogP contribution in [0.15, 0.2) is 47.2 Å². The van der Waals surface area contributed by atoms with Crippen molar-refractivity contribution < 1.29 is 4.79 Å². The van der Waals surface area contributed by atoms with Crippen LogP contribution in [0.4, 0.5) is 5.69 Å². The van der Waals surface area contributed by atoms with E-state index in [2.05, 4.69) is 15.8 Å². The maximum atomic E-state index is 11.5. The quantitative estimate of drug-likeness (QED) is 0.739. The average Bonchev–Trinajstić information content (AvgIpc) is 2.72. The van der Waals surface area contributed by atoms with E-state index in [0.29, 0.717) is 5.70 Å². The van der Waals surface area contributed by atoms with Crippen molar-refractivity contribution in [3.63, 3.8) is 0 Å². The number of anilines is 1. The van der Waals surface area contributed by atoms with E-state index >= 15 is 0 Å². The third-order valence-electron chi connectivity index (χ3n) is 1.73. The van der Waals surface area contributed by atoms with E-state index in [1.807, 2.05) is 30.3 Å². The highest BCUT2D eigenvalue weighted by molar-refractivity contribution is 6.06. The molecule has 1 radical (unpaired) electrons. The zero-order valence-corrected chi connectivity index (χ0v) is 7.34. The van der Waals surface area contributed by atoms with Crippen molar-refractivity contribution in [1.82, 2.24) is 5.43 Å². The number of amides is 1. The van der Waals surface area contributed by atoms with Crippen molar-refractivity contribution >= 4 is 17.8 Å². The van der Waals surface area contributed by atoms with Gasteiger partial charge in [0, 0.05) is 5.69 Å². The van der Waals surface area contributed by atoms with E-state index in [4.69, 9.17) is 0 Å². The Balaban J connectivity index is 2.02. The monoisotopic (exact) mass is 186 g/mol. The molecule has 0 fully saturated rings. The standard InChI is InChI=1S/C10H8N3O/c14-10(9-6-7-11-13-9)12-8-4-2-1-3-5-8/h1-7H,(H,12,14). The minimum absolute atomic E-state index is 0.242. The first-order chi connectivity index (χ1) is 6.86. The molecular weight excluding hydrogens is 178 g/mol. The lowest BCUT2D eigenvalue weighted by Gasteiger charge is -2.03. The Labute approximate surface area is 81.3 Å². The number of hydrogen-bond acceptors (Lipinski definition) is 2. The topological polar surface area (TPSA) is 55.6 Å². The molecular formula is C10H8N3O. The number of carbonyl (C=O) groups excluding carboxylic acids is 1. The fourth-order valence-corrected chi connectivity index (χ4v) is 1.07. The molecule has 1 amide bonds. The van der Waals surface area contributed by atoms with Crippen molar-refractivity contribution in [3.05, 3.63) is 42.1 Å². The molecule has 0 aliphatic carbocycles. The lowest BCUT2D eigenvalue weighted by molar-refractivity contribution is -0.113. The van der Waals surface area contributed by atoms with Gasteiger partial charge in [0.1, 0.15) is 0 Å². The lowest BCUT2D eigenvalue weighted by Crippen LogP contribution is -2.17. The Morgan fingerprint density at radius 3 is 2.64 bits per heavy atom. The molecule has 0 spiro atoms. The highest BCUT2D eigenvalue weighted by Gasteiger charge is 2.12. The van der Waals surface area contributed by atoms with E-state index in [1.54, 1.807) is 6.08 Å². The molecule has 14 heavy (non-hydrogen) atoms. The molecule has 1 heterocycles. The summed E-state index contributed by atoms with van der Waals surface area (Å²) in [5.41, 5.74) is 4.73. The number of carbonyl (C=O) groups is 1. The minimum atomic E-state index is -0.242. The van der Waals surface area contributed by atoms with Crippen molar-refractivity contribution in [3.8, 4) is 0 Å². The molecule has 1 aromatic rings. The van der Waals surface area contributed by atoms with Gasteiger partial charge in [-0.2, -0.15) is 5.10 Å². The Hall–Kier alpha value is -2.10.